The smallest absolute Gasteiger partial charge is 0.296 e. The highest BCUT2D eigenvalue weighted by Gasteiger charge is 2.18. The third-order valence-electron chi connectivity index (χ3n) is 6.48. The fourth-order valence-electron chi connectivity index (χ4n) is 4.31. The van der Waals surface area contributed by atoms with Crippen LogP contribution in [0.25, 0.3) is 0 Å². The summed E-state index contributed by atoms with van der Waals surface area (Å²) in [4.78, 5) is 10.9. The third-order valence-corrected chi connectivity index (χ3v) is 6.48. The molecule has 0 atom stereocenters. The summed E-state index contributed by atoms with van der Waals surface area (Å²) in [5.74, 6) is 2.37. The van der Waals surface area contributed by atoms with E-state index in [2.05, 4.69) is 60.3 Å². The Labute approximate surface area is 218 Å². The lowest BCUT2D eigenvalue weighted by atomic mass is 9.81. The number of hydrogen-bond acceptors (Lipinski definition) is 7. The average Bonchev–Trinajstić information content (AvgIpc) is 2.86. The van der Waals surface area contributed by atoms with Crippen LogP contribution in [0.1, 0.15) is 44.4 Å². The third kappa shape index (κ3) is 7.29. The molecule has 0 aliphatic heterocycles. The van der Waals surface area contributed by atoms with Gasteiger partial charge in [-0.3, -0.25) is 10.1 Å². The van der Waals surface area contributed by atoms with Crippen LogP contribution >= 0.6 is 0 Å². The van der Waals surface area contributed by atoms with Crippen molar-refractivity contribution in [1.29, 1.82) is 0 Å². The van der Waals surface area contributed by atoms with Crippen LogP contribution in [0.3, 0.4) is 0 Å². The fraction of sp³-hybridized carbons (Fsp3) is 0.379. The molecule has 8 nitrogen and oxygen atoms in total. The Bertz CT molecular complexity index is 1290. The number of methoxy groups -OCH3 is 1. The van der Waals surface area contributed by atoms with Crippen molar-refractivity contribution in [3.05, 3.63) is 81.4 Å². The summed E-state index contributed by atoms with van der Waals surface area (Å²) in [6.07, 6.45) is 1.04. The van der Waals surface area contributed by atoms with Gasteiger partial charge in [0.05, 0.1) is 23.4 Å². The molecule has 194 valence electrons. The van der Waals surface area contributed by atoms with Gasteiger partial charge in [0.15, 0.2) is 5.69 Å². The van der Waals surface area contributed by atoms with Crippen molar-refractivity contribution in [3.63, 3.8) is 0 Å². The van der Waals surface area contributed by atoms with Gasteiger partial charge in [-0.05, 0) is 79.0 Å². The first-order valence-electron chi connectivity index (χ1n) is 12.4. The van der Waals surface area contributed by atoms with E-state index < -0.39 is 4.92 Å². The van der Waals surface area contributed by atoms with Crippen LogP contribution in [-0.4, -0.2) is 12.0 Å². The molecule has 0 aliphatic rings. The molecule has 0 aliphatic carbocycles. The predicted molar refractivity (Wildman–Crippen MR) is 147 cm³/mol. The molecule has 0 fully saturated rings. The van der Waals surface area contributed by atoms with E-state index in [1.54, 1.807) is 32.2 Å². The number of nitro benzene ring substituents is 1. The van der Waals surface area contributed by atoms with Crippen LogP contribution in [0.2, 0.25) is 0 Å². The highest BCUT2D eigenvalue weighted by atomic mass is 16.6. The summed E-state index contributed by atoms with van der Waals surface area (Å²) in [7, 11) is 1.55. The fourth-order valence-corrected chi connectivity index (χ4v) is 4.31. The van der Waals surface area contributed by atoms with Crippen molar-refractivity contribution < 1.29 is 9.66 Å². The summed E-state index contributed by atoms with van der Waals surface area (Å²) in [5, 5.41) is 28.5. The van der Waals surface area contributed by atoms with Crippen LogP contribution in [0.5, 0.6) is 5.75 Å². The lowest BCUT2D eigenvalue weighted by molar-refractivity contribution is -0.384. The zero-order valence-electron chi connectivity index (χ0n) is 22.6. The first-order chi connectivity index (χ1) is 17.6. The number of aryl methyl sites for hydroxylation is 2. The van der Waals surface area contributed by atoms with Gasteiger partial charge in [0.25, 0.3) is 5.69 Å². The van der Waals surface area contributed by atoms with Gasteiger partial charge >= 0.3 is 0 Å². The molecule has 0 spiro atoms. The number of nitro groups is 1. The second-order valence-electron chi connectivity index (χ2n) is 9.98. The number of azo groups is 2. The van der Waals surface area contributed by atoms with Gasteiger partial charge in [0, 0.05) is 12.1 Å². The highest BCUT2D eigenvalue weighted by molar-refractivity contribution is 5.64. The number of rotatable bonds is 10. The quantitative estimate of drug-likeness (QED) is 0.157. The maximum atomic E-state index is 11.4. The summed E-state index contributed by atoms with van der Waals surface area (Å²) in [5.41, 5.74) is 4.81. The van der Waals surface area contributed by atoms with Gasteiger partial charge in [-0.25, -0.2) is 0 Å². The van der Waals surface area contributed by atoms with E-state index in [0.29, 0.717) is 34.9 Å². The minimum Gasteiger partial charge on any atom is -0.494 e. The highest BCUT2D eigenvalue weighted by Crippen LogP contribution is 2.37. The molecule has 0 heterocycles. The van der Waals surface area contributed by atoms with Crippen molar-refractivity contribution in [2.75, 3.05) is 7.11 Å². The Morgan fingerprint density at radius 2 is 1.43 bits per heavy atom. The lowest BCUT2D eigenvalue weighted by Gasteiger charge is -2.24. The summed E-state index contributed by atoms with van der Waals surface area (Å²) in [6, 6.07) is 16.5. The monoisotopic (exact) mass is 501 g/mol. The molecule has 0 radical (unpaired) electrons. The van der Waals surface area contributed by atoms with Crippen LogP contribution in [0, 0.1) is 41.7 Å². The molecule has 8 heteroatoms. The maximum absolute atomic E-state index is 11.4. The van der Waals surface area contributed by atoms with Gasteiger partial charge in [-0.2, -0.15) is 5.11 Å². The number of nitrogens with zero attached hydrogens (tertiary/aromatic N) is 5. The Morgan fingerprint density at radius 1 is 0.811 bits per heavy atom. The lowest BCUT2D eigenvalue weighted by Crippen LogP contribution is -2.18. The zero-order chi connectivity index (χ0) is 27.1. The molecule has 0 amide bonds. The molecule has 0 saturated heterocycles. The van der Waals surface area contributed by atoms with Crippen LogP contribution in [0.4, 0.5) is 28.4 Å². The summed E-state index contributed by atoms with van der Waals surface area (Å²) in [6.45, 7) is 12.8. The molecular weight excluding hydrogens is 466 g/mol. The molecule has 0 saturated carbocycles. The standard InChI is InChI=1S/C29H35N5O3/c1-18(2)24(19(3)4)16-22-9-11-23(12-10-22)30-33-27-15-21(6)26(17-29(27)37-7)32-31-25-13-8-20(5)14-28(25)34(35)36/h8-15,17-19,24H,16H2,1-7H3/b32-31+,33-30+. The normalized spacial score (nSPS) is 11.9. The van der Waals surface area contributed by atoms with E-state index in [9.17, 15) is 10.1 Å². The predicted octanol–water partition coefficient (Wildman–Crippen LogP) is 9.52. The number of hydrogen-bond donors (Lipinski definition) is 0. The second kappa shape index (κ2) is 12.3. The molecule has 3 aromatic carbocycles. The van der Waals surface area contributed by atoms with E-state index in [1.807, 2.05) is 25.1 Å². The Balaban J connectivity index is 1.80. The summed E-state index contributed by atoms with van der Waals surface area (Å²) >= 11 is 0. The zero-order valence-corrected chi connectivity index (χ0v) is 22.6. The van der Waals surface area contributed by atoms with Crippen molar-refractivity contribution in [2.45, 2.75) is 48.0 Å². The molecule has 0 bridgehead atoms. The molecule has 3 aromatic rings. The Morgan fingerprint density at radius 3 is 2.03 bits per heavy atom. The van der Waals surface area contributed by atoms with Crippen molar-refractivity contribution in [1.82, 2.24) is 0 Å². The van der Waals surface area contributed by atoms with Crippen molar-refractivity contribution in [2.24, 2.45) is 38.2 Å². The largest absolute Gasteiger partial charge is 0.494 e. The average molecular weight is 502 g/mol. The minimum atomic E-state index is -0.461. The second-order valence-corrected chi connectivity index (χ2v) is 9.98. The van der Waals surface area contributed by atoms with Gasteiger partial charge in [-0.1, -0.05) is 45.9 Å². The van der Waals surface area contributed by atoms with Crippen LogP contribution < -0.4 is 4.74 Å². The van der Waals surface area contributed by atoms with E-state index in [0.717, 1.165) is 23.2 Å². The van der Waals surface area contributed by atoms with Gasteiger partial charge in [0.2, 0.25) is 0 Å². The Hall–Kier alpha value is -3.94. The molecule has 0 unspecified atom stereocenters. The molecular formula is C29H35N5O3. The molecule has 0 N–H and O–H groups in total. The van der Waals surface area contributed by atoms with E-state index in [4.69, 9.17) is 4.74 Å². The molecule has 3 rings (SSSR count). The topological polar surface area (TPSA) is 102 Å². The first-order valence-corrected chi connectivity index (χ1v) is 12.4. The van der Waals surface area contributed by atoms with E-state index in [-0.39, 0.29) is 11.4 Å². The van der Waals surface area contributed by atoms with Crippen molar-refractivity contribution >= 4 is 28.4 Å². The van der Waals surface area contributed by atoms with Crippen LogP contribution in [-0.2, 0) is 6.42 Å². The van der Waals surface area contributed by atoms with E-state index in [1.165, 1.54) is 11.6 Å². The van der Waals surface area contributed by atoms with Crippen LogP contribution in [0.15, 0.2) is 75.1 Å². The number of ether oxygens (including phenoxy) is 1. The molecule has 0 aromatic heterocycles. The van der Waals surface area contributed by atoms with Gasteiger partial charge in [0.1, 0.15) is 11.4 Å². The van der Waals surface area contributed by atoms with Gasteiger partial charge < -0.3 is 4.74 Å². The van der Waals surface area contributed by atoms with Crippen molar-refractivity contribution in [3.8, 4) is 5.75 Å². The van der Waals surface area contributed by atoms with E-state index >= 15 is 0 Å². The Kier molecular flexibility index (Phi) is 9.22. The maximum Gasteiger partial charge on any atom is 0.296 e. The minimum absolute atomic E-state index is 0.0891. The summed E-state index contributed by atoms with van der Waals surface area (Å²) < 4.78 is 5.50. The number of benzene rings is 3. The first kappa shape index (κ1) is 27.6. The van der Waals surface area contributed by atoms with Gasteiger partial charge in [-0.15, -0.1) is 15.3 Å². The SMILES string of the molecule is COc1cc(/N=N/c2ccc(C)cc2[N+](=O)[O-])c(C)cc1/N=N/c1ccc(CC(C(C)C)C(C)C)cc1. The molecule has 37 heavy (non-hydrogen) atoms.